The zero-order valence-corrected chi connectivity index (χ0v) is 21.5. The minimum absolute atomic E-state index is 0.0245. The van der Waals surface area contributed by atoms with Crippen LogP contribution in [0.3, 0.4) is 0 Å². The Balaban J connectivity index is 1.51. The maximum absolute atomic E-state index is 15.0. The van der Waals surface area contributed by atoms with Crippen LogP contribution in [0.15, 0.2) is 18.3 Å². The molecule has 2 aliphatic rings. The van der Waals surface area contributed by atoms with E-state index in [-0.39, 0.29) is 25.1 Å². The van der Waals surface area contributed by atoms with Crippen molar-refractivity contribution in [2.24, 2.45) is 0 Å². The third-order valence-electron chi connectivity index (χ3n) is 6.84. The van der Waals surface area contributed by atoms with Crippen LogP contribution in [0.1, 0.15) is 46.2 Å². The number of amides is 1. The van der Waals surface area contributed by atoms with E-state index in [1.54, 1.807) is 20.3 Å². The van der Waals surface area contributed by atoms with Gasteiger partial charge in [-0.25, -0.2) is 9.18 Å². The van der Waals surface area contributed by atoms with Gasteiger partial charge in [0.15, 0.2) is 5.82 Å². The highest BCUT2D eigenvalue weighted by Crippen LogP contribution is 2.43. The number of benzene rings is 1. The molecule has 5 rings (SSSR count). The highest BCUT2D eigenvalue weighted by atomic mass is 19.4. The number of hydrogen-bond donors (Lipinski definition) is 1. The van der Waals surface area contributed by atoms with Crippen molar-refractivity contribution in [3.8, 4) is 6.01 Å². The number of methoxy groups -OCH3 is 1. The zero-order chi connectivity index (χ0) is 28.1. The number of ether oxygens (including phenoxy) is 2. The van der Waals surface area contributed by atoms with Crippen LogP contribution in [0.5, 0.6) is 6.01 Å². The summed E-state index contributed by atoms with van der Waals surface area (Å²) in [6.45, 7) is 0.830. The molecule has 0 radical (unpaired) electrons. The molecule has 10 nitrogen and oxygen atoms in total. The molecule has 0 saturated carbocycles. The van der Waals surface area contributed by atoms with E-state index in [2.05, 4.69) is 15.1 Å². The summed E-state index contributed by atoms with van der Waals surface area (Å²) in [6, 6.07) is 1.40. The van der Waals surface area contributed by atoms with Gasteiger partial charge >= 0.3 is 18.2 Å². The van der Waals surface area contributed by atoms with Gasteiger partial charge in [-0.1, -0.05) is 0 Å². The van der Waals surface area contributed by atoms with Crippen LogP contribution in [0.25, 0.3) is 0 Å². The molecule has 0 aliphatic carbocycles. The Labute approximate surface area is 221 Å². The van der Waals surface area contributed by atoms with Gasteiger partial charge in [0.2, 0.25) is 0 Å². The van der Waals surface area contributed by atoms with Crippen molar-refractivity contribution in [1.82, 2.24) is 24.6 Å². The lowest BCUT2D eigenvalue weighted by atomic mass is 9.94. The number of hydrogen-bond acceptors (Lipinski definition) is 8. The smallest absolute Gasteiger partial charge is 0.416 e. The third kappa shape index (κ3) is 4.95. The molecular weight excluding hydrogens is 522 g/mol. The number of aryl methyl sites for hydroxylation is 1. The molecular formula is C25H27F4N7O3. The van der Waals surface area contributed by atoms with Crippen molar-refractivity contribution in [3.05, 3.63) is 57.8 Å². The van der Waals surface area contributed by atoms with Gasteiger partial charge in [-0.3, -0.25) is 0 Å². The van der Waals surface area contributed by atoms with Crippen LogP contribution in [0.2, 0.25) is 0 Å². The summed E-state index contributed by atoms with van der Waals surface area (Å²) in [5.41, 5.74) is 6.03. The normalized spacial score (nSPS) is 17.3. The largest absolute Gasteiger partial charge is 0.467 e. The number of nitrogens with zero attached hydrogens (tertiary/aromatic N) is 6. The number of rotatable bonds is 3. The van der Waals surface area contributed by atoms with Crippen molar-refractivity contribution < 1.29 is 31.8 Å². The van der Waals surface area contributed by atoms with Crippen molar-refractivity contribution in [2.45, 2.75) is 44.7 Å². The Hall–Kier alpha value is -3.94. The van der Waals surface area contributed by atoms with E-state index < -0.39 is 34.9 Å². The highest BCUT2D eigenvalue weighted by molar-refractivity contribution is 5.75. The topological polar surface area (TPSA) is 112 Å². The number of halogens is 4. The average Bonchev–Trinajstić information content (AvgIpc) is 3.19. The van der Waals surface area contributed by atoms with E-state index in [1.807, 2.05) is 4.90 Å². The minimum Gasteiger partial charge on any atom is -0.467 e. The second kappa shape index (κ2) is 9.98. The van der Waals surface area contributed by atoms with Gasteiger partial charge in [0.1, 0.15) is 5.82 Å². The monoisotopic (exact) mass is 549 g/mol. The second-order valence-electron chi connectivity index (χ2n) is 9.64. The summed E-state index contributed by atoms with van der Waals surface area (Å²) in [4.78, 5) is 24.7. The number of carbonyl (C=O) groups excluding carboxylic acids is 1. The minimum atomic E-state index is -4.80. The van der Waals surface area contributed by atoms with E-state index in [0.717, 1.165) is 23.4 Å². The number of aromatic nitrogens is 4. The average molecular weight is 550 g/mol. The van der Waals surface area contributed by atoms with Crippen molar-refractivity contribution in [2.75, 3.05) is 38.4 Å². The molecule has 0 saturated heterocycles. The number of nitrogen functional groups attached to an aromatic ring is 1. The van der Waals surface area contributed by atoms with Crippen LogP contribution in [0, 0.1) is 5.82 Å². The van der Waals surface area contributed by atoms with Crippen LogP contribution in [-0.2, 0) is 36.9 Å². The van der Waals surface area contributed by atoms with Crippen molar-refractivity contribution in [3.63, 3.8) is 0 Å². The Morgan fingerprint density at radius 1 is 1.23 bits per heavy atom. The molecule has 3 aromatic rings. The van der Waals surface area contributed by atoms with E-state index in [1.165, 1.54) is 16.7 Å². The summed E-state index contributed by atoms with van der Waals surface area (Å²) < 4.78 is 68.6. The molecule has 4 heterocycles. The molecule has 0 spiro atoms. The number of nitrogens with two attached hydrogens (primary N) is 1. The molecule has 1 unspecified atom stereocenters. The Kier molecular flexibility index (Phi) is 6.83. The fraction of sp³-hybridized carbons (Fsp3) is 0.440. The van der Waals surface area contributed by atoms with Gasteiger partial charge in [-0.2, -0.15) is 32.9 Å². The molecule has 14 heteroatoms. The summed E-state index contributed by atoms with van der Waals surface area (Å²) in [5, 5.41) is 4.45. The van der Waals surface area contributed by atoms with Crippen LogP contribution >= 0.6 is 0 Å². The Morgan fingerprint density at radius 3 is 2.69 bits per heavy atom. The molecule has 208 valence electrons. The summed E-state index contributed by atoms with van der Waals surface area (Å²) in [7, 11) is 4.67. The molecule has 1 atom stereocenters. The molecule has 0 bridgehead atoms. The van der Waals surface area contributed by atoms with Crippen molar-refractivity contribution >= 4 is 17.5 Å². The first-order valence-electron chi connectivity index (χ1n) is 12.2. The molecule has 2 aromatic heterocycles. The van der Waals surface area contributed by atoms with Gasteiger partial charge in [-0.15, -0.1) is 0 Å². The van der Waals surface area contributed by atoms with Crippen LogP contribution in [0.4, 0.5) is 33.9 Å². The molecule has 39 heavy (non-hydrogen) atoms. The van der Waals surface area contributed by atoms with Crippen molar-refractivity contribution in [1.29, 1.82) is 0 Å². The molecule has 1 amide bonds. The van der Waals surface area contributed by atoms with Gasteiger partial charge in [-0.05, 0) is 25.0 Å². The maximum Gasteiger partial charge on any atom is 0.416 e. The van der Waals surface area contributed by atoms with Gasteiger partial charge < -0.3 is 25.0 Å². The zero-order valence-electron chi connectivity index (χ0n) is 21.5. The summed E-state index contributed by atoms with van der Waals surface area (Å²) >= 11 is 0. The molecule has 0 fully saturated rings. The Morgan fingerprint density at radius 2 is 2.00 bits per heavy atom. The standard InChI is InChI=1S/C25H27F4N7O3/c1-34(2)24(37)36-11-13-10-35(8-4-5-17(13)33-36)22-14-12-39-19(9-18(14)31-23(32-22)38-3)20-15(25(27,28)29)6-7-16(30)21(20)26/h6-7,11,19H,4-5,8-10,12,30H2,1-3H3. The second-order valence-corrected chi connectivity index (χ2v) is 9.64. The van der Waals surface area contributed by atoms with E-state index in [4.69, 9.17) is 15.2 Å². The molecule has 1 aromatic carbocycles. The lowest BCUT2D eigenvalue weighted by molar-refractivity contribution is -0.140. The lowest BCUT2D eigenvalue weighted by Gasteiger charge is -2.31. The number of fused-ring (bicyclic) bond motifs is 2. The van der Waals surface area contributed by atoms with Crippen LogP contribution < -0.4 is 15.4 Å². The predicted molar refractivity (Wildman–Crippen MR) is 132 cm³/mol. The van der Waals surface area contributed by atoms with E-state index >= 15 is 0 Å². The quantitative estimate of drug-likeness (QED) is 0.389. The first-order valence-corrected chi connectivity index (χ1v) is 12.2. The van der Waals surface area contributed by atoms with Gasteiger partial charge in [0, 0.05) is 56.5 Å². The summed E-state index contributed by atoms with van der Waals surface area (Å²) in [6.07, 6.45) is -3.15. The lowest BCUT2D eigenvalue weighted by Crippen LogP contribution is -2.29. The number of anilines is 2. The number of carbonyl (C=O) groups is 1. The highest BCUT2D eigenvalue weighted by Gasteiger charge is 2.40. The fourth-order valence-corrected chi connectivity index (χ4v) is 4.93. The molecule has 2 N–H and O–H groups in total. The summed E-state index contributed by atoms with van der Waals surface area (Å²) in [5.74, 6) is -0.664. The maximum atomic E-state index is 15.0. The third-order valence-corrected chi connectivity index (χ3v) is 6.84. The predicted octanol–water partition coefficient (Wildman–Crippen LogP) is 3.72. The van der Waals surface area contributed by atoms with Gasteiger partial charge in [0.25, 0.3) is 0 Å². The SMILES string of the molecule is COc1nc2c(c(N3CCCc4nn(C(=O)N(C)C)cc4C3)n1)COC(c1c(C(F)(F)F)ccc(N)c1F)C2. The Bertz CT molecular complexity index is 1420. The molecule has 2 aliphatic heterocycles. The number of alkyl halides is 3. The van der Waals surface area contributed by atoms with Gasteiger partial charge in [0.05, 0.1) is 42.5 Å². The first-order chi connectivity index (χ1) is 18.5. The first kappa shape index (κ1) is 26.7. The van der Waals surface area contributed by atoms with Crippen LogP contribution in [-0.4, -0.2) is 58.4 Å². The fourth-order valence-electron chi connectivity index (χ4n) is 4.93. The van der Waals surface area contributed by atoms with E-state index in [0.29, 0.717) is 43.0 Å². The van der Waals surface area contributed by atoms with E-state index in [9.17, 15) is 22.4 Å².